The molecule has 9 heteroatoms. The SMILES string of the molecule is CC(CNC(=O)CCc1nc(-c2cc(Br)cs2)no1)C(=O)O. The van der Waals surface area contributed by atoms with Gasteiger partial charge in [0.1, 0.15) is 0 Å². The lowest BCUT2D eigenvalue weighted by molar-refractivity contribution is -0.141. The average molecular weight is 388 g/mol. The van der Waals surface area contributed by atoms with Crippen LogP contribution in [-0.2, 0) is 16.0 Å². The van der Waals surface area contributed by atoms with Gasteiger partial charge in [-0.25, -0.2) is 0 Å². The molecule has 0 aromatic carbocycles. The molecule has 1 unspecified atom stereocenters. The van der Waals surface area contributed by atoms with E-state index in [4.69, 9.17) is 9.63 Å². The lowest BCUT2D eigenvalue weighted by Gasteiger charge is -2.07. The van der Waals surface area contributed by atoms with Gasteiger partial charge in [0.05, 0.1) is 10.8 Å². The molecule has 22 heavy (non-hydrogen) atoms. The number of hydrogen-bond donors (Lipinski definition) is 2. The van der Waals surface area contributed by atoms with Crippen LogP contribution in [0.3, 0.4) is 0 Å². The Bertz CT molecular complexity index is 670. The van der Waals surface area contributed by atoms with Gasteiger partial charge in [-0.1, -0.05) is 12.1 Å². The summed E-state index contributed by atoms with van der Waals surface area (Å²) in [4.78, 5) is 27.4. The van der Waals surface area contributed by atoms with E-state index in [1.54, 1.807) is 0 Å². The van der Waals surface area contributed by atoms with Crippen LogP contribution in [-0.4, -0.2) is 33.7 Å². The minimum atomic E-state index is -0.941. The Labute approximate surface area is 138 Å². The second-order valence-corrected chi connectivity index (χ2v) is 6.51. The molecule has 0 aliphatic rings. The smallest absolute Gasteiger partial charge is 0.308 e. The van der Waals surface area contributed by atoms with Gasteiger partial charge in [-0.2, -0.15) is 4.98 Å². The van der Waals surface area contributed by atoms with E-state index >= 15 is 0 Å². The Morgan fingerprint density at radius 1 is 1.55 bits per heavy atom. The molecule has 118 valence electrons. The maximum absolute atomic E-state index is 11.6. The Morgan fingerprint density at radius 3 is 2.95 bits per heavy atom. The molecule has 1 atom stereocenters. The van der Waals surface area contributed by atoms with Gasteiger partial charge >= 0.3 is 5.97 Å². The van der Waals surface area contributed by atoms with Gasteiger partial charge in [0.15, 0.2) is 0 Å². The molecule has 0 bridgehead atoms. The van der Waals surface area contributed by atoms with E-state index in [-0.39, 0.29) is 18.9 Å². The first-order chi connectivity index (χ1) is 10.5. The van der Waals surface area contributed by atoms with Crippen LogP contribution in [0.1, 0.15) is 19.2 Å². The summed E-state index contributed by atoms with van der Waals surface area (Å²) >= 11 is 4.84. The second kappa shape index (κ2) is 7.50. The number of thiophene rings is 1. The van der Waals surface area contributed by atoms with Gasteiger partial charge in [-0.3, -0.25) is 9.59 Å². The Hall–Kier alpha value is -1.74. The number of halogens is 1. The van der Waals surface area contributed by atoms with Gasteiger partial charge in [-0.15, -0.1) is 11.3 Å². The number of carboxylic acids is 1. The molecule has 0 fully saturated rings. The maximum Gasteiger partial charge on any atom is 0.308 e. The van der Waals surface area contributed by atoms with Crippen molar-refractivity contribution in [3.8, 4) is 10.7 Å². The van der Waals surface area contributed by atoms with Crippen molar-refractivity contribution in [2.75, 3.05) is 6.54 Å². The van der Waals surface area contributed by atoms with Crippen molar-refractivity contribution in [2.45, 2.75) is 19.8 Å². The fourth-order valence-electron chi connectivity index (χ4n) is 1.55. The predicted octanol–water partition coefficient (Wildman–Crippen LogP) is 2.33. The summed E-state index contributed by atoms with van der Waals surface area (Å²) in [7, 11) is 0. The molecule has 0 aliphatic heterocycles. The maximum atomic E-state index is 11.6. The third-order valence-electron chi connectivity index (χ3n) is 2.85. The average Bonchev–Trinajstić information content (AvgIpc) is 3.10. The molecule has 0 saturated carbocycles. The Balaban J connectivity index is 1.81. The summed E-state index contributed by atoms with van der Waals surface area (Å²) in [6.45, 7) is 1.64. The molecule has 2 heterocycles. The van der Waals surface area contributed by atoms with Gasteiger partial charge in [-0.05, 0) is 22.0 Å². The van der Waals surface area contributed by atoms with Crippen molar-refractivity contribution >= 4 is 39.1 Å². The fraction of sp³-hybridized carbons (Fsp3) is 0.385. The molecule has 0 spiro atoms. The van der Waals surface area contributed by atoms with Crippen LogP contribution in [0, 0.1) is 5.92 Å². The summed E-state index contributed by atoms with van der Waals surface area (Å²) in [5.41, 5.74) is 0. The van der Waals surface area contributed by atoms with E-state index in [2.05, 4.69) is 31.4 Å². The lowest BCUT2D eigenvalue weighted by atomic mass is 10.2. The topological polar surface area (TPSA) is 105 Å². The normalized spacial score (nSPS) is 12.1. The predicted molar refractivity (Wildman–Crippen MR) is 83.4 cm³/mol. The number of carbonyl (C=O) groups excluding carboxylic acids is 1. The number of rotatable bonds is 7. The van der Waals surface area contributed by atoms with Crippen molar-refractivity contribution in [3.63, 3.8) is 0 Å². The number of hydrogen-bond acceptors (Lipinski definition) is 6. The molecule has 0 aliphatic carbocycles. The number of aromatic nitrogens is 2. The molecule has 2 aromatic heterocycles. The van der Waals surface area contributed by atoms with Crippen LogP contribution >= 0.6 is 27.3 Å². The second-order valence-electron chi connectivity index (χ2n) is 4.68. The lowest BCUT2D eigenvalue weighted by Crippen LogP contribution is -2.31. The zero-order chi connectivity index (χ0) is 16.1. The summed E-state index contributed by atoms with van der Waals surface area (Å²) < 4.78 is 6.05. The third kappa shape index (κ3) is 4.63. The Morgan fingerprint density at radius 2 is 2.32 bits per heavy atom. The molecule has 1 amide bonds. The molecule has 2 aromatic rings. The van der Waals surface area contributed by atoms with Crippen molar-refractivity contribution in [1.82, 2.24) is 15.5 Å². The van der Waals surface area contributed by atoms with Crippen LogP contribution in [0.5, 0.6) is 0 Å². The first-order valence-corrected chi connectivity index (χ1v) is 8.19. The van der Waals surface area contributed by atoms with Gasteiger partial charge in [0.25, 0.3) is 0 Å². The highest BCUT2D eigenvalue weighted by Crippen LogP contribution is 2.27. The minimum absolute atomic E-state index is 0.104. The van der Waals surface area contributed by atoms with E-state index in [9.17, 15) is 9.59 Å². The number of nitrogens with one attached hydrogen (secondary N) is 1. The van der Waals surface area contributed by atoms with Crippen LogP contribution in [0.4, 0.5) is 0 Å². The van der Waals surface area contributed by atoms with Crippen molar-refractivity contribution in [1.29, 1.82) is 0 Å². The quantitative estimate of drug-likeness (QED) is 0.754. The molecule has 0 radical (unpaired) electrons. The van der Waals surface area contributed by atoms with E-state index < -0.39 is 11.9 Å². The Kier molecular flexibility index (Phi) is 5.67. The summed E-state index contributed by atoms with van der Waals surface area (Å²) in [5, 5.41) is 17.1. The zero-order valence-electron chi connectivity index (χ0n) is 11.7. The fourth-order valence-corrected chi connectivity index (χ4v) is 2.90. The first-order valence-electron chi connectivity index (χ1n) is 6.52. The zero-order valence-corrected chi connectivity index (χ0v) is 14.1. The van der Waals surface area contributed by atoms with Gasteiger partial charge < -0.3 is 14.9 Å². The number of carboxylic acid groups (broad SMARTS) is 1. The highest BCUT2D eigenvalue weighted by Gasteiger charge is 2.14. The van der Waals surface area contributed by atoms with Crippen LogP contribution in [0.15, 0.2) is 20.4 Å². The van der Waals surface area contributed by atoms with E-state index in [0.29, 0.717) is 18.1 Å². The van der Waals surface area contributed by atoms with Crippen LogP contribution in [0.2, 0.25) is 0 Å². The summed E-state index contributed by atoms with van der Waals surface area (Å²) in [5.74, 6) is -0.932. The van der Waals surface area contributed by atoms with E-state index in [1.807, 2.05) is 11.4 Å². The molecule has 2 rings (SSSR count). The molecule has 7 nitrogen and oxygen atoms in total. The van der Waals surface area contributed by atoms with Gasteiger partial charge in [0, 0.05) is 29.2 Å². The molecular weight excluding hydrogens is 374 g/mol. The molecule has 0 saturated heterocycles. The molecular formula is C13H14BrN3O4S. The first kappa shape index (κ1) is 16.6. The van der Waals surface area contributed by atoms with Crippen molar-refractivity contribution < 1.29 is 19.2 Å². The monoisotopic (exact) mass is 387 g/mol. The van der Waals surface area contributed by atoms with Crippen LogP contribution < -0.4 is 5.32 Å². The largest absolute Gasteiger partial charge is 0.481 e. The number of aliphatic carboxylic acids is 1. The highest BCUT2D eigenvalue weighted by molar-refractivity contribution is 9.10. The number of carbonyl (C=O) groups is 2. The number of aryl methyl sites for hydroxylation is 1. The van der Waals surface area contributed by atoms with Crippen LogP contribution in [0.25, 0.3) is 10.7 Å². The summed E-state index contributed by atoms with van der Waals surface area (Å²) in [6.07, 6.45) is 0.481. The molecule has 2 N–H and O–H groups in total. The van der Waals surface area contributed by atoms with E-state index in [0.717, 1.165) is 9.35 Å². The third-order valence-corrected chi connectivity index (χ3v) is 4.54. The summed E-state index contributed by atoms with van der Waals surface area (Å²) in [6, 6.07) is 1.89. The van der Waals surface area contributed by atoms with Gasteiger partial charge in [0.2, 0.25) is 17.6 Å². The standard InChI is InChI=1S/C13H14BrN3O4S/c1-7(13(19)20)5-15-10(18)2-3-11-16-12(17-21-11)9-4-8(14)6-22-9/h4,6-7H,2-3,5H2,1H3,(H,15,18)(H,19,20). The van der Waals surface area contributed by atoms with Crippen molar-refractivity contribution in [2.24, 2.45) is 5.92 Å². The number of nitrogens with zero attached hydrogens (tertiary/aromatic N) is 2. The minimum Gasteiger partial charge on any atom is -0.481 e. The number of amides is 1. The highest BCUT2D eigenvalue weighted by atomic mass is 79.9. The van der Waals surface area contributed by atoms with E-state index in [1.165, 1.54) is 18.3 Å². The van der Waals surface area contributed by atoms with Crippen molar-refractivity contribution in [3.05, 3.63) is 21.8 Å².